The fourth-order valence-corrected chi connectivity index (χ4v) is 14.8. The van der Waals surface area contributed by atoms with Gasteiger partial charge in [-0.3, -0.25) is 29.4 Å². The molecule has 0 bridgehead atoms. The third-order valence-electron chi connectivity index (χ3n) is 18.6. The predicted molar refractivity (Wildman–Crippen MR) is 357 cm³/mol. The average molecular weight is 1260 g/mol. The molecule has 6 unspecified atom stereocenters. The maximum Gasteiger partial charge on any atom is 0.242 e. The van der Waals surface area contributed by atoms with Gasteiger partial charge >= 0.3 is 0 Å². The highest BCUT2D eigenvalue weighted by Gasteiger charge is 2.45. The summed E-state index contributed by atoms with van der Waals surface area (Å²) in [6.07, 6.45) is 30.0. The molecule has 9 N–H and O–H groups in total. The number of allylic oxidation sites excluding steroid dienone is 1. The molecule has 8 saturated heterocycles. The van der Waals surface area contributed by atoms with Gasteiger partial charge in [-0.25, -0.2) is 20.3 Å². The van der Waals surface area contributed by atoms with Gasteiger partial charge in [0.25, 0.3) is 0 Å². The standard InChI is InChI=1S/C14H20ClFN4.C10H18N2O.C10H20N2.C10H17NO.C7H14OSi.2C6H11N.CH4.ClH.H3NO.H2O/c1-14(2)5-3-10-7-9(4-6-20(10)14)18-12-11(16)8-17-13(15)19-12;1-10(2)5-3-9-7-8(11-13)4-6-12(9)10;1-10(2)5-3-9-7-8(11)4-6-12(9)10;1-10(2)5-3-8-7-9(12)4-6-11(8)10;1-6-7(2)8-9(3,4)5;2*1-6(2)4-3-5-7-6;;;1-2;/h8-10H,3-7H2,1-2H3,(H,17,18,19);9,13H,3-7H2,1-2H3;8-9H,3-7,11H2,1-2H3;8H,3-7H2,1-2H3;6H,1-2H2,3-5H3;2*5H,3-4H2,1-2H3;1H4;1H;2H,1H2;1H2/b;11-8+;;;;;;;;;. The van der Waals surface area contributed by atoms with E-state index >= 15 is 0 Å². The highest BCUT2D eigenvalue weighted by atomic mass is 35.5. The second kappa shape index (κ2) is 34.9. The minimum Gasteiger partial charge on any atom is -0.870 e. The fourth-order valence-electron chi connectivity index (χ4n) is 13.8. The maximum absolute atomic E-state index is 13.7. The molecule has 492 valence electrons. The van der Waals surface area contributed by atoms with E-state index in [0.29, 0.717) is 63.4 Å². The number of oxime groups is 1. The Balaban J connectivity index is 0.000000504. The SMILES string of the molecule is C.C=CC(=C)O[Si](C)(C)C.CC1(C)CCC2C/C(=N/O)CCN21.CC1(C)CCC2CC(=O)CCN21.CC1(C)CCC2CC(N)CCN21.CC1(C)CCC2CC(Nc3nc(Cl)ncc3F)CCN21.CC1(C)CCC=N1.CC1(C)CCC=[NH+]1.Cl.NO.[OH-]. The van der Waals surface area contributed by atoms with E-state index < -0.39 is 14.1 Å². The van der Waals surface area contributed by atoms with Crippen molar-refractivity contribution < 1.29 is 34.5 Å². The number of rotatable bonds is 5. The zero-order valence-electron chi connectivity index (χ0n) is 54.7. The lowest BCUT2D eigenvalue weighted by Crippen LogP contribution is -2.79. The molecule has 11 heterocycles. The van der Waals surface area contributed by atoms with E-state index in [1.54, 1.807) is 6.08 Å². The highest BCUT2D eigenvalue weighted by Crippen LogP contribution is 2.41. The number of fused-ring (bicyclic) bond motifs is 4. The van der Waals surface area contributed by atoms with E-state index in [1.165, 1.54) is 96.4 Å². The lowest BCUT2D eigenvalue weighted by atomic mass is 9.97. The Labute approximate surface area is 527 Å². The Morgan fingerprint density at radius 3 is 1.69 bits per heavy atom. The number of nitrogens with zero attached hydrogens (tertiary/aromatic N) is 8. The topological polar surface area (TPSA) is 238 Å². The molecule has 0 saturated carbocycles. The van der Waals surface area contributed by atoms with Gasteiger partial charge in [0, 0.05) is 123 Å². The number of piperidine rings is 4. The minimum absolute atomic E-state index is 0. The van der Waals surface area contributed by atoms with Gasteiger partial charge in [-0.1, -0.05) is 25.7 Å². The van der Waals surface area contributed by atoms with Crippen LogP contribution in [0.2, 0.25) is 24.9 Å². The summed E-state index contributed by atoms with van der Waals surface area (Å²) in [4.78, 5) is 36.6. The van der Waals surface area contributed by atoms with Crippen LogP contribution in [0, 0.1) is 5.82 Å². The van der Waals surface area contributed by atoms with Crippen molar-refractivity contribution >= 4 is 62.1 Å². The van der Waals surface area contributed by atoms with Crippen molar-refractivity contribution in [2.24, 2.45) is 21.8 Å². The summed E-state index contributed by atoms with van der Waals surface area (Å²) >= 11 is 5.72. The summed E-state index contributed by atoms with van der Waals surface area (Å²) in [7, 11) is -1.41. The van der Waals surface area contributed by atoms with Crippen molar-refractivity contribution in [3.63, 3.8) is 0 Å². The van der Waals surface area contributed by atoms with Crippen molar-refractivity contribution in [1.29, 1.82) is 0 Å². The molecule has 0 spiro atoms. The first kappa shape index (κ1) is 80.1. The number of carbonyl (C=O) groups excluding carboxylic acids is 1. The molecule has 6 atom stereocenters. The number of carbonyl (C=O) groups is 1. The van der Waals surface area contributed by atoms with Crippen LogP contribution in [0.15, 0.2) is 41.3 Å². The molecule has 8 fully saturated rings. The monoisotopic (exact) mass is 1250 g/mol. The summed E-state index contributed by atoms with van der Waals surface area (Å²) in [6.45, 7) is 45.2. The van der Waals surface area contributed by atoms with E-state index in [4.69, 9.17) is 32.2 Å². The zero-order valence-corrected chi connectivity index (χ0v) is 57.3. The molecule has 10 aliphatic rings. The van der Waals surface area contributed by atoms with Crippen molar-refractivity contribution in [2.75, 3.05) is 31.5 Å². The van der Waals surface area contributed by atoms with Crippen LogP contribution in [-0.4, -0.2) is 173 Å². The van der Waals surface area contributed by atoms with E-state index in [2.05, 4.69) is 178 Å². The molecule has 0 amide bonds. The first-order valence-electron chi connectivity index (χ1n) is 31.0. The Hall–Kier alpha value is -2.95. The number of halogens is 3. The predicted octanol–water partition coefficient (Wildman–Crippen LogP) is 12.0. The Kier molecular flexibility index (Phi) is 32.8. The van der Waals surface area contributed by atoms with Gasteiger partial charge in [-0.05, 0) is 217 Å². The van der Waals surface area contributed by atoms with Crippen molar-refractivity contribution in [2.45, 2.75) is 308 Å². The van der Waals surface area contributed by atoms with Gasteiger partial charge in [0.15, 0.2) is 17.2 Å². The van der Waals surface area contributed by atoms with Crippen LogP contribution in [0.1, 0.15) is 219 Å². The molecule has 11 rings (SSSR count). The molecular weight excluding hydrogens is 1130 g/mol. The Morgan fingerprint density at radius 2 is 1.27 bits per heavy atom. The minimum atomic E-state index is -1.41. The fraction of sp³-hybridized carbons (Fsp3) is 0.812. The summed E-state index contributed by atoms with van der Waals surface area (Å²) in [5.74, 6) is 4.44. The van der Waals surface area contributed by atoms with Crippen LogP contribution < -0.4 is 21.9 Å². The van der Waals surface area contributed by atoms with E-state index in [1.807, 2.05) is 6.21 Å². The smallest absolute Gasteiger partial charge is 0.242 e. The third kappa shape index (κ3) is 25.5. The molecule has 0 radical (unpaired) electrons. The van der Waals surface area contributed by atoms with Crippen molar-refractivity contribution in [3.8, 4) is 0 Å². The number of Topliss-reactive ketones (excluding diaryl/α,β-unsaturated/α-hetero) is 1. The quantitative estimate of drug-likeness (QED) is 0.0402. The molecular formula is C64H121Cl2FN12O5Si. The number of hydrogen-bond acceptors (Lipinski definition) is 16. The number of nitrogens with two attached hydrogens (primary N) is 2. The molecule has 85 heavy (non-hydrogen) atoms. The summed E-state index contributed by atoms with van der Waals surface area (Å²) in [5.41, 5.74) is 9.06. The van der Waals surface area contributed by atoms with Crippen LogP contribution in [-0.2, 0) is 9.22 Å². The lowest BCUT2D eigenvalue weighted by Gasteiger charge is -2.42. The van der Waals surface area contributed by atoms with Gasteiger partial charge in [0.1, 0.15) is 12.0 Å². The number of aromatic nitrogens is 2. The van der Waals surface area contributed by atoms with E-state index in [0.717, 1.165) is 76.1 Å². The summed E-state index contributed by atoms with van der Waals surface area (Å²) in [5, 5.41) is 21.8. The maximum atomic E-state index is 13.7. The molecule has 17 nitrogen and oxygen atoms in total. The summed E-state index contributed by atoms with van der Waals surface area (Å²) in [6, 6.07) is 3.32. The van der Waals surface area contributed by atoms with Crippen molar-refractivity contribution in [1.82, 2.24) is 29.6 Å². The molecule has 21 heteroatoms. The second-order valence-corrected chi connectivity index (χ2v) is 34.0. The number of nitrogens with one attached hydrogen (secondary N) is 2. The van der Waals surface area contributed by atoms with E-state index in [9.17, 15) is 9.18 Å². The summed E-state index contributed by atoms with van der Waals surface area (Å²) < 4.78 is 19.1. The van der Waals surface area contributed by atoms with Crippen LogP contribution >= 0.6 is 24.0 Å². The molecule has 10 aliphatic heterocycles. The molecule has 1 aromatic heterocycles. The number of aliphatic imine (C=N–C) groups is 1. The van der Waals surface area contributed by atoms with Gasteiger partial charge in [0.2, 0.25) is 13.6 Å². The largest absolute Gasteiger partial charge is 0.870 e. The normalized spacial score (nSPS) is 28.7. The first-order valence-corrected chi connectivity index (χ1v) is 34.8. The number of anilines is 1. The van der Waals surface area contributed by atoms with Gasteiger partial charge < -0.3 is 31.4 Å². The molecule has 0 aliphatic carbocycles. The van der Waals surface area contributed by atoms with Crippen LogP contribution in [0.3, 0.4) is 0 Å². The van der Waals surface area contributed by atoms with Gasteiger partial charge in [-0.15, -0.1) is 12.4 Å². The average Bonchev–Trinajstić information content (AvgIpc) is 4.30. The first-order chi connectivity index (χ1) is 38.1. The van der Waals surface area contributed by atoms with Crippen LogP contribution in [0.5, 0.6) is 0 Å². The zero-order chi connectivity index (χ0) is 61.5. The third-order valence-corrected chi connectivity index (χ3v) is 19.7. The Bertz CT molecular complexity index is 2270. The van der Waals surface area contributed by atoms with Gasteiger partial charge in [-0.2, -0.15) is 4.98 Å². The number of ketones is 1. The van der Waals surface area contributed by atoms with Crippen LogP contribution in [0.25, 0.3) is 0 Å². The highest BCUT2D eigenvalue weighted by molar-refractivity contribution is 6.70. The van der Waals surface area contributed by atoms with Gasteiger partial charge in [0.05, 0.1) is 23.2 Å². The van der Waals surface area contributed by atoms with E-state index in [-0.39, 0.29) is 48.0 Å². The lowest BCUT2D eigenvalue weighted by molar-refractivity contribution is -0.530. The molecule has 1 aromatic rings. The van der Waals surface area contributed by atoms with Crippen LogP contribution in [0.4, 0.5) is 10.2 Å². The molecule has 0 aromatic carbocycles. The van der Waals surface area contributed by atoms with Crippen molar-refractivity contribution in [3.05, 3.63) is 42.3 Å². The Morgan fingerprint density at radius 1 is 0.776 bits per heavy atom. The number of hydrogen-bond donors (Lipinski definition) is 6. The second-order valence-electron chi connectivity index (χ2n) is 29.2.